The molecule has 148 valence electrons. The molecule has 1 N–H and O–H groups in total. The van der Waals surface area contributed by atoms with Gasteiger partial charge in [-0.1, -0.05) is 54.6 Å². The van der Waals surface area contributed by atoms with Gasteiger partial charge in [0.15, 0.2) is 0 Å². The lowest BCUT2D eigenvalue weighted by atomic mass is 10.1. The van der Waals surface area contributed by atoms with E-state index in [1.807, 2.05) is 66.7 Å². The molecule has 0 bridgehead atoms. The molecule has 0 aliphatic carbocycles. The number of hydrogen-bond donors (Lipinski definition) is 1. The number of rotatable bonds is 8. The Hall–Kier alpha value is -3.60. The fourth-order valence-corrected chi connectivity index (χ4v) is 2.88. The van der Waals surface area contributed by atoms with Gasteiger partial charge in [-0.05, 0) is 40.1 Å². The highest BCUT2D eigenvalue weighted by atomic mass is 16.5. The molecule has 0 saturated carbocycles. The molecule has 3 rings (SSSR count). The Balaban J connectivity index is 1.41. The van der Waals surface area contributed by atoms with Gasteiger partial charge in [0.05, 0.1) is 13.5 Å². The van der Waals surface area contributed by atoms with E-state index in [0.29, 0.717) is 0 Å². The van der Waals surface area contributed by atoms with Gasteiger partial charge in [0.1, 0.15) is 12.4 Å². The molecule has 0 heterocycles. The third kappa shape index (κ3) is 5.94. The van der Waals surface area contributed by atoms with Crippen LogP contribution in [-0.2, 0) is 20.9 Å². The zero-order chi connectivity index (χ0) is 20.5. The van der Waals surface area contributed by atoms with Crippen LogP contribution in [0.4, 0.5) is 0 Å². The number of esters is 1. The van der Waals surface area contributed by atoms with Gasteiger partial charge in [0.2, 0.25) is 5.91 Å². The number of carbonyl (C=O) groups is 2. The van der Waals surface area contributed by atoms with Crippen molar-refractivity contribution in [2.75, 3.05) is 13.7 Å². The molecule has 1 amide bonds. The molecule has 0 fully saturated rings. The first-order chi connectivity index (χ1) is 14.2. The van der Waals surface area contributed by atoms with Gasteiger partial charge >= 0.3 is 5.97 Å². The van der Waals surface area contributed by atoms with Crippen molar-refractivity contribution in [2.24, 2.45) is 0 Å². The second kappa shape index (κ2) is 10.1. The van der Waals surface area contributed by atoms with Crippen molar-refractivity contribution in [3.8, 4) is 5.75 Å². The second-order valence-electron chi connectivity index (χ2n) is 6.45. The molecule has 3 aromatic rings. The Morgan fingerprint density at radius 3 is 2.52 bits per heavy atom. The summed E-state index contributed by atoms with van der Waals surface area (Å²) in [5.74, 6) is 0.147. The summed E-state index contributed by atoms with van der Waals surface area (Å²) in [5.41, 5.74) is 1.85. The van der Waals surface area contributed by atoms with Crippen molar-refractivity contribution < 1.29 is 19.1 Å². The summed E-state index contributed by atoms with van der Waals surface area (Å²) < 4.78 is 10.4. The SMILES string of the molecule is COc1ccc(/C=C/C(=O)NCCC(=O)OCc2cccc3ccccc23)cc1. The largest absolute Gasteiger partial charge is 0.497 e. The molecule has 0 atom stereocenters. The van der Waals surface area contributed by atoms with Crippen LogP contribution in [0.5, 0.6) is 5.75 Å². The van der Waals surface area contributed by atoms with Crippen molar-refractivity contribution in [1.82, 2.24) is 5.32 Å². The van der Waals surface area contributed by atoms with Crippen LogP contribution in [0.2, 0.25) is 0 Å². The minimum Gasteiger partial charge on any atom is -0.497 e. The lowest BCUT2D eigenvalue weighted by Gasteiger charge is -2.08. The molecular weight excluding hydrogens is 366 g/mol. The Morgan fingerprint density at radius 1 is 0.966 bits per heavy atom. The van der Waals surface area contributed by atoms with E-state index < -0.39 is 0 Å². The molecule has 0 aliphatic rings. The summed E-state index contributed by atoms with van der Waals surface area (Å²) >= 11 is 0. The summed E-state index contributed by atoms with van der Waals surface area (Å²) in [6.07, 6.45) is 3.25. The van der Waals surface area contributed by atoms with Gasteiger partial charge in [-0.2, -0.15) is 0 Å². The Bertz CT molecular complexity index is 1000. The first kappa shape index (κ1) is 20.1. The summed E-state index contributed by atoms with van der Waals surface area (Å²) in [6.45, 7) is 0.436. The Kier molecular flexibility index (Phi) is 7.00. The van der Waals surface area contributed by atoms with Crippen molar-refractivity contribution in [1.29, 1.82) is 0 Å². The molecule has 0 aliphatic heterocycles. The van der Waals surface area contributed by atoms with E-state index in [-0.39, 0.29) is 31.4 Å². The van der Waals surface area contributed by atoms with E-state index in [1.165, 1.54) is 6.08 Å². The summed E-state index contributed by atoms with van der Waals surface area (Å²) in [4.78, 5) is 23.8. The number of amides is 1. The van der Waals surface area contributed by atoms with Crippen molar-refractivity contribution in [2.45, 2.75) is 13.0 Å². The zero-order valence-corrected chi connectivity index (χ0v) is 16.3. The maximum atomic E-state index is 12.0. The predicted molar refractivity (Wildman–Crippen MR) is 113 cm³/mol. The number of benzene rings is 3. The van der Waals surface area contributed by atoms with Gasteiger partial charge < -0.3 is 14.8 Å². The van der Waals surface area contributed by atoms with Crippen LogP contribution in [0.25, 0.3) is 16.8 Å². The van der Waals surface area contributed by atoms with Crippen molar-refractivity contribution in [3.63, 3.8) is 0 Å². The lowest BCUT2D eigenvalue weighted by molar-refractivity contribution is -0.144. The highest BCUT2D eigenvalue weighted by molar-refractivity contribution is 5.92. The molecule has 29 heavy (non-hydrogen) atoms. The third-order valence-corrected chi connectivity index (χ3v) is 4.44. The number of carbonyl (C=O) groups excluding carboxylic acids is 2. The van der Waals surface area contributed by atoms with Gasteiger partial charge in [-0.15, -0.1) is 0 Å². The van der Waals surface area contributed by atoms with Gasteiger partial charge in [0.25, 0.3) is 0 Å². The molecule has 0 unspecified atom stereocenters. The normalized spacial score (nSPS) is 10.8. The van der Waals surface area contributed by atoms with E-state index in [4.69, 9.17) is 9.47 Å². The average molecular weight is 389 g/mol. The van der Waals surface area contributed by atoms with Crippen LogP contribution in [-0.4, -0.2) is 25.5 Å². The molecule has 0 spiro atoms. The number of ether oxygens (including phenoxy) is 2. The van der Waals surface area contributed by atoms with Gasteiger partial charge in [0, 0.05) is 12.6 Å². The first-order valence-electron chi connectivity index (χ1n) is 9.38. The Morgan fingerprint density at radius 2 is 1.72 bits per heavy atom. The van der Waals surface area contributed by atoms with E-state index in [2.05, 4.69) is 5.32 Å². The lowest BCUT2D eigenvalue weighted by Crippen LogP contribution is -2.24. The predicted octanol–water partition coefficient (Wildman–Crippen LogP) is 4.11. The van der Waals surface area contributed by atoms with Crippen LogP contribution in [0.15, 0.2) is 72.8 Å². The topological polar surface area (TPSA) is 64.6 Å². The monoisotopic (exact) mass is 389 g/mol. The van der Waals surface area contributed by atoms with Gasteiger partial charge in [-0.3, -0.25) is 9.59 Å². The van der Waals surface area contributed by atoms with Gasteiger partial charge in [-0.25, -0.2) is 0 Å². The van der Waals surface area contributed by atoms with Crippen LogP contribution >= 0.6 is 0 Å². The van der Waals surface area contributed by atoms with Crippen LogP contribution in [0, 0.1) is 0 Å². The third-order valence-electron chi connectivity index (χ3n) is 4.44. The second-order valence-corrected chi connectivity index (χ2v) is 6.45. The molecule has 0 radical (unpaired) electrons. The number of hydrogen-bond acceptors (Lipinski definition) is 4. The summed E-state index contributed by atoms with van der Waals surface area (Å²) in [5, 5.41) is 4.86. The molecule has 5 nitrogen and oxygen atoms in total. The number of nitrogens with one attached hydrogen (secondary N) is 1. The summed E-state index contributed by atoms with van der Waals surface area (Å²) in [7, 11) is 1.60. The number of fused-ring (bicyclic) bond motifs is 1. The molecular formula is C24H23NO4. The van der Waals surface area contributed by atoms with E-state index >= 15 is 0 Å². The fraction of sp³-hybridized carbons (Fsp3) is 0.167. The molecule has 0 aromatic heterocycles. The Labute approximate surface area is 170 Å². The van der Waals surface area contributed by atoms with Crippen molar-refractivity contribution in [3.05, 3.63) is 83.9 Å². The van der Waals surface area contributed by atoms with Crippen molar-refractivity contribution >= 4 is 28.7 Å². The molecule has 3 aromatic carbocycles. The number of methoxy groups -OCH3 is 1. The average Bonchev–Trinajstić information content (AvgIpc) is 2.76. The maximum absolute atomic E-state index is 12.0. The van der Waals surface area contributed by atoms with E-state index in [0.717, 1.165) is 27.6 Å². The molecule has 0 saturated heterocycles. The first-order valence-corrected chi connectivity index (χ1v) is 9.38. The summed E-state index contributed by atoms with van der Waals surface area (Å²) in [6, 6.07) is 21.2. The standard InChI is InChI=1S/C24H23NO4/c1-28-21-12-9-18(10-13-21)11-14-23(26)25-16-15-24(27)29-17-20-7-4-6-19-5-2-3-8-22(19)20/h2-14H,15-17H2,1H3,(H,25,26)/b14-11+. The zero-order valence-electron chi connectivity index (χ0n) is 16.3. The van der Waals surface area contributed by atoms with E-state index in [1.54, 1.807) is 13.2 Å². The fourth-order valence-electron chi connectivity index (χ4n) is 2.88. The maximum Gasteiger partial charge on any atom is 0.307 e. The minimum atomic E-state index is -0.350. The quantitative estimate of drug-likeness (QED) is 0.465. The van der Waals surface area contributed by atoms with E-state index in [9.17, 15) is 9.59 Å². The molecule has 5 heteroatoms. The highest BCUT2D eigenvalue weighted by Gasteiger charge is 2.06. The van der Waals surface area contributed by atoms with Crippen LogP contribution in [0.1, 0.15) is 17.5 Å². The van der Waals surface area contributed by atoms with Crippen LogP contribution in [0.3, 0.4) is 0 Å². The van der Waals surface area contributed by atoms with Crippen LogP contribution < -0.4 is 10.1 Å². The smallest absolute Gasteiger partial charge is 0.307 e. The minimum absolute atomic E-state index is 0.118. The highest BCUT2D eigenvalue weighted by Crippen LogP contribution is 2.19.